The first-order chi connectivity index (χ1) is 28.1. The molecule has 6 N–H and O–H groups in total. The number of primary sulfonamides is 1. The molecule has 1 aliphatic heterocycles. The monoisotopic (exact) mass is 829 g/mol. The number of carbonyl (C=O) groups is 5. The van der Waals surface area contributed by atoms with Crippen LogP contribution in [0.3, 0.4) is 0 Å². The number of sulfonamides is 1. The minimum atomic E-state index is -4.40. The molecule has 0 saturated heterocycles. The van der Waals surface area contributed by atoms with Gasteiger partial charge in [-0.2, -0.15) is 0 Å². The summed E-state index contributed by atoms with van der Waals surface area (Å²) in [6.45, 7) is 9.30. The third kappa shape index (κ3) is 10.9. The smallest absolute Gasteiger partial charge is 0.347 e. The minimum absolute atomic E-state index is 0.124. The van der Waals surface area contributed by atoms with Gasteiger partial charge in [0.1, 0.15) is 28.8 Å². The highest BCUT2D eigenvalue weighted by atomic mass is 32.2. The first-order valence-corrected chi connectivity index (χ1v) is 20.6. The van der Waals surface area contributed by atoms with E-state index in [1.165, 1.54) is 25.1 Å². The fourth-order valence-electron chi connectivity index (χ4n) is 6.10. The molecule has 5 rings (SSSR count). The molecule has 0 saturated carbocycles. The van der Waals surface area contributed by atoms with Crippen molar-refractivity contribution in [1.82, 2.24) is 10.3 Å². The molecular formula is C42H47N5O11S. The number of amides is 2. The van der Waals surface area contributed by atoms with Gasteiger partial charge in [0.05, 0.1) is 28.8 Å². The molecule has 0 bridgehead atoms. The molecule has 16 nitrogen and oxygen atoms in total. The number of esters is 3. The standard InChI is InChI=1S/C42H47N5O11S/c1-6-8-18-44-34-23-35(57-27-12-10-9-11-13-27)36(59(43,53)54)22-31(34)42(52)56-26(5)41(51)55-19-16-37(48)58-28-14-15-32-29(20-28)30(39(49)47-32)21-33-24(3)38(25(4)46-33)40(50)45-17-7-2/h9-15,20-23,26,44,46H,6-8,16-19H2,1-5H3,(H,45,50)(H,47,49)(H2,43,53,54)/b30-21-. The molecule has 0 aliphatic carbocycles. The Hall–Kier alpha value is -6.46. The Labute approximate surface area is 341 Å². The van der Waals surface area contributed by atoms with Crippen molar-refractivity contribution in [3.05, 3.63) is 94.3 Å². The van der Waals surface area contributed by atoms with E-state index < -0.39 is 45.5 Å². The molecule has 312 valence electrons. The summed E-state index contributed by atoms with van der Waals surface area (Å²) in [4.78, 5) is 67.4. The first-order valence-electron chi connectivity index (χ1n) is 19.0. The number of nitrogens with two attached hydrogens (primary N) is 1. The normalized spacial score (nSPS) is 13.3. The van der Waals surface area contributed by atoms with Gasteiger partial charge in [0.2, 0.25) is 10.0 Å². The van der Waals surface area contributed by atoms with Crippen LogP contribution in [0.1, 0.15) is 89.7 Å². The second kappa shape index (κ2) is 19.3. The Kier molecular flexibility index (Phi) is 14.3. The van der Waals surface area contributed by atoms with E-state index in [0.29, 0.717) is 58.2 Å². The molecule has 0 fully saturated rings. The van der Waals surface area contributed by atoms with Gasteiger partial charge in [-0.25, -0.2) is 23.1 Å². The van der Waals surface area contributed by atoms with Gasteiger partial charge in [-0.15, -0.1) is 0 Å². The van der Waals surface area contributed by atoms with Crippen LogP contribution in [0.15, 0.2) is 65.6 Å². The van der Waals surface area contributed by atoms with Crippen molar-refractivity contribution in [2.75, 3.05) is 30.3 Å². The van der Waals surface area contributed by atoms with Crippen molar-refractivity contribution in [1.29, 1.82) is 0 Å². The van der Waals surface area contributed by atoms with Crippen molar-refractivity contribution in [3.8, 4) is 17.2 Å². The van der Waals surface area contributed by atoms with Gasteiger partial charge < -0.3 is 39.9 Å². The zero-order chi connectivity index (χ0) is 42.9. The van der Waals surface area contributed by atoms with Crippen molar-refractivity contribution < 1.29 is 51.3 Å². The fourth-order valence-corrected chi connectivity index (χ4v) is 6.77. The SMILES string of the molecule is CCCCNc1cc(Oc2ccccc2)c(S(N)(=O)=O)cc1C(=O)OC(C)C(=O)OCCC(=O)Oc1ccc2c(c1)/C(=C/c1[nH]c(C)c(C(=O)NCCC)c1C)C(=O)N2. The summed E-state index contributed by atoms with van der Waals surface area (Å²) >= 11 is 0. The van der Waals surface area contributed by atoms with Crippen LogP contribution in [-0.2, 0) is 33.9 Å². The van der Waals surface area contributed by atoms with E-state index in [1.54, 1.807) is 56.3 Å². The molecule has 0 spiro atoms. The third-order valence-electron chi connectivity index (χ3n) is 9.13. The number of aromatic nitrogens is 1. The fraction of sp³-hybridized carbons (Fsp3) is 0.310. The topological polar surface area (TPSA) is 234 Å². The molecule has 59 heavy (non-hydrogen) atoms. The number of ether oxygens (including phenoxy) is 4. The van der Waals surface area contributed by atoms with Crippen molar-refractivity contribution in [2.45, 2.75) is 71.3 Å². The zero-order valence-electron chi connectivity index (χ0n) is 33.4. The Bertz CT molecular complexity index is 2390. The summed E-state index contributed by atoms with van der Waals surface area (Å²) in [6.07, 6.45) is 2.15. The van der Waals surface area contributed by atoms with E-state index in [1.807, 2.05) is 13.8 Å². The number of anilines is 2. The van der Waals surface area contributed by atoms with Gasteiger partial charge in [-0.1, -0.05) is 38.5 Å². The lowest BCUT2D eigenvalue weighted by Gasteiger charge is -2.18. The molecule has 2 amide bonds. The maximum Gasteiger partial charge on any atom is 0.347 e. The number of unbranched alkanes of at least 4 members (excludes halogenated alkanes) is 1. The summed E-state index contributed by atoms with van der Waals surface area (Å²) in [6, 6.07) is 15.4. The average Bonchev–Trinajstić information content (AvgIpc) is 3.65. The second-order valence-corrected chi connectivity index (χ2v) is 15.2. The van der Waals surface area contributed by atoms with Crippen LogP contribution >= 0.6 is 0 Å². The van der Waals surface area contributed by atoms with Gasteiger partial charge in [-0.05, 0) is 81.7 Å². The van der Waals surface area contributed by atoms with Crippen molar-refractivity contribution in [2.24, 2.45) is 5.14 Å². The zero-order valence-corrected chi connectivity index (χ0v) is 34.2. The number of benzene rings is 3. The average molecular weight is 830 g/mol. The molecule has 17 heteroatoms. The highest BCUT2D eigenvalue weighted by Crippen LogP contribution is 2.37. The van der Waals surface area contributed by atoms with Crippen LogP contribution in [0.4, 0.5) is 11.4 Å². The van der Waals surface area contributed by atoms with Gasteiger partial charge in [-0.3, -0.25) is 14.4 Å². The number of para-hydroxylation sites is 1. The van der Waals surface area contributed by atoms with Gasteiger partial charge in [0.15, 0.2) is 6.10 Å². The van der Waals surface area contributed by atoms with Gasteiger partial charge >= 0.3 is 17.9 Å². The van der Waals surface area contributed by atoms with Crippen LogP contribution in [0.2, 0.25) is 0 Å². The minimum Gasteiger partial charge on any atom is -0.462 e. The summed E-state index contributed by atoms with van der Waals surface area (Å²) in [5.41, 5.74) is 3.66. The quantitative estimate of drug-likeness (QED) is 0.0336. The maximum atomic E-state index is 13.4. The predicted octanol–water partition coefficient (Wildman–Crippen LogP) is 6.00. The van der Waals surface area contributed by atoms with Crippen LogP contribution in [0, 0.1) is 13.8 Å². The van der Waals surface area contributed by atoms with Crippen LogP contribution in [0.5, 0.6) is 17.2 Å². The highest BCUT2D eigenvalue weighted by Gasteiger charge is 2.29. The number of aromatic amines is 1. The molecular weight excluding hydrogens is 783 g/mol. The molecule has 1 atom stereocenters. The molecule has 0 radical (unpaired) electrons. The largest absolute Gasteiger partial charge is 0.462 e. The number of hydrogen-bond acceptors (Lipinski definition) is 12. The van der Waals surface area contributed by atoms with Crippen molar-refractivity contribution >= 4 is 62.8 Å². The lowest BCUT2D eigenvalue weighted by atomic mass is 10.0. The number of aryl methyl sites for hydroxylation is 1. The first kappa shape index (κ1) is 43.7. The third-order valence-corrected chi connectivity index (χ3v) is 10.1. The summed E-state index contributed by atoms with van der Waals surface area (Å²) < 4.78 is 47.0. The Balaban J connectivity index is 1.21. The molecule has 3 aromatic carbocycles. The van der Waals surface area contributed by atoms with Crippen molar-refractivity contribution in [3.63, 3.8) is 0 Å². The predicted molar refractivity (Wildman–Crippen MR) is 220 cm³/mol. The highest BCUT2D eigenvalue weighted by molar-refractivity contribution is 7.89. The summed E-state index contributed by atoms with van der Waals surface area (Å²) in [7, 11) is -4.40. The van der Waals surface area contributed by atoms with E-state index in [9.17, 15) is 32.4 Å². The van der Waals surface area contributed by atoms with E-state index in [-0.39, 0.29) is 41.0 Å². The molecule has 2 heterocycles. The Morgan fingerprint density at radius 1 is 0.949 bits per heavy atom. The summed E-state index contributed by atoms with van der Waals surface area (Å²) in [5, 5.41) is 14.2. The van der Waals surface area contributed by atoms with E-state index >= 15 is 0 Å². The number of hydrogen-bond donors (Lipinski definition) is 5. The number of H-pyrrole nitrogens is 1. The van der Waals surface area contributed by atoms with Crippen LogP contribution in [0.25, 0.3) is 11.6 Å². The molecule has 1 aromatic heterocycles. The molecule has 4 aromatic rings. The van der Waals surface area contributed by atoms with E-state index in [2.05, 4.69) is 20.9 Å². The number of nitrogens with one attached hydrogen (secondary N) is 4. The van der Waals surface area contributed by atoms with Crippen LogP contribution in [-0.4, -0.2) is 68.9 Å². The van der Waals surface area contributed by atoms with E-state index in [4.69, 9.17) is 24.1 Å². The Morgan fingerprint density at radius 3 is 2.39 bits per heavy atom. The van der Waals surface area contributed by atoms with E-state index in [0.717, 1.165) is 25.3 Å². The summed E-state index contributed by atoms with van der Waals surface area (Å²) in [5.74, 6) is -3.01. The lowest BCUT2D eigenvalue weighted by Crippen LogP contribution is -2.28. The van der Waals surface area contributed by atoms with Crippen LogP contribution < -0.4 is 30.6 Å². The molecule has 1 unspecified atom stereocenters. The maximum absolute atomic E-state index is 13.4. The van der Waals surface area contributed by atoms with Gasteiger partial charge in [0, 0.05) is 41.8 Å². The number of rotatable bonds is 18. The van der Waals surface area contributed by atoms with Gasteiger partial charge in [0.25, 0.3) is 11.8 Å². The number of fused-ring (bicyclic) bond motifs is 1. The Morgan fingerprint density at radius 2 is 1.69 bits per heavy atom. The molecule has 1 aliphatic rings. The number of carbonyl (C=O) groups excluding carboxylic acids is 5. The second-order valence-electron chi connectivity index (χ2n) is 13.7. The lowest BCUT2D eigenvalue weighted by molar-refractivity contribution is -0.154.